The summed E-state index contributed by atoms with van der Waals surface area (Å²) < 4.78 is 0. The summed E-state index contributed by atoms with van der Waals surface area (Å²) in [7, 11) is 2.14. The van der Waals surface area contributed by atoms with Crippen LogP contribution in [0, 0.1) is 0 Å². The number of likely N-dealkylation sites (tertiary alicyclic amines) is 1. The molecule has 1 aromatic heterocycles. The minimum absolute atomic E-state index is 0.549. The van der Waals surface area contributed by atoms with Crippen molar-refractivity contribution in [2.75, 3.05) is 20.1 Å². The molecule has 15 heavy (non-hydrogen) atoms. The van der Waals surface area contributed by atoms with Gasteiger partial charge in [0.2, 0.25) is 0 Å². The van der Waals surface area contributed by atoms with E-state index in [1.807, 2.05) is 0 Å². The number of hydrogen-bond acceptors (Lipinski definition) is 3. The first-order valence-electron chi connectivity index (χ1n) is 5.13. The second-order valence-electron chi connectivity index (χ2n) is 4.06. The number of carbonyl (C=O) groups is 1. The Labute approximate surface area is 98.8 Å². The number of piperidine rings is 1. The number of aldehydes is 1. The van der Waals surface area contributed by atoms with Gasteiger partial charge in [0.25, 0.3) is 0 Å². The molecule has 0 radical (unpaired) electrons. The summed E-state index contributed by atoms with van der Waals surface area (Å²) in [6.07, 6.45) is 3.18. The third kappa shape index (κ3) is 2.41. The molecule has 1 aliphatic rings. The molecule has 0 N–H and O–H groups in total. The van der Waals surface area contributed by atoms with Crippen LogP contribution in [0.15, 0.2) is 6.07 Å². The highest BCUT2D eigenvalue weighted by atomic mass is 35.5. The Balaban J connectivity index is 2.14. The van der Waals surface area contributed by atoms with Crippen LogP contribution in [0.3, 0.4) is 0 Å². The van der Waals surface area contributed by atoms with Gasteiger partial charge in [0.05, 0.1) is 9.90 Å². The van der Waals surface area contributed by atoms with E-state index in [1.165, 1.54) is 4.88 Å². The van der Waals surface area contributed by atoms with Crippen LogP contribution >= 0.6 is 22.9 Å². The van der Waals surface area contributed by atoms with Gasteiger partial charge in [0, 0.05) is 4.88 Å². The smallest absolute Gasteiger partial charge is 0.160 e. The van der Waals surface area contributed by atoms with E-state index in [0.717, 1.165) is 42.1 Å². The summed E-state index contributed by atoms with van der Waals surface area (Å²) in [6.45, 7) is 2.24. The number of hydrogen-bond donors (Lipinski definition) is 0. The summed E-state index contributed by atoms with van der Waals surface area (Å²) in [4.78, 5) is 14.9. The van der Waals surface area contributed by atoms with E-state index in [-0.39, 0.29) is 0 Å². The average Bonchev–Trinajstić information content (AvgIpc) is 2.61. The largest absolute Gasteiger partial charge is 0.306 e. The maximum Gasteiger partial charge on any atom is 0.160 e. The lowest BCUT2D eigenvalue weighted by molar-refractivity contribution is 0.112. The molecule has 0 bridgehead atoms. The van der Waals surface area contributed by atoms with Gasteiger partial charge in [-0.2, -0.15) is 0 Å². The highest BCUT2D eigenvalue weighted by molar-refractivity contribution is 7.14. The summed E-state index contributed by atoms with van der Waals surface area (Å²) in [5.74, 6) is 0.549. The third-order valence-electron chi connectivity index (χ3n) is 2.94. The molecular weight excluding hydrogens is 230 g/mol. The lowest BCUT2D eigenvalue weighted by Crippen LogP contribution is -2.28. The molecule has 1 saturated heterocycles. The van der Waals surface area contributed by atoms with Crippen molar-refractivity contribution in [3.8, 4) is 0 Å². The van der Waals surface area contributed by atoms with Gasteiger partial charge in [0.1, 0.15) is 0 Å². The molecule has 1 aliphatic heterocycles. The maximum atomic E-state index is 10.7. The molecule has 2 nitrogen and oxygen atoms in total. The number of thiophene rings is 1. The lowest BCUT2D eigenvalue weighted by Gasteiger charge is -2.28. The molecule has 2 heterocycles. The van der Waals surface area contributed by atoms with Gasteiger partial charge < -0.3 is 4.90 Å². The van der Waals surface area contributed by atoms with E-state index in [0.29, 0.717) is 5.92 Å². The molecule has 0 spiro atoms. The van der Waals surface area contributed by atoms with Crippen molar-refractivity contribution in [1.82, 2.24) is 4.90 Å². The number of halogens is 1. The normalized spacial score (nSPS) is 19.3. The fourth-order valence-corrected chi connectivity index (χ4v) is 3.50. The quantitative estimate of drug-likeness (QED) is 0.745. The molecule has 2 rings (SSSR count). The maximum absolute atomic E-state index is 10.7. The fraction of sp³-hybridized carbons (Fsp3) is 0.545. The first-order valence-corrected chi connectivity index (χ1v) is 6.33. The van der Waals surface area contributed by atoms with Gasteiger partial charge in [0.15, 0.2) is 6.29 Å². The van der Waals surface area contributed by atoms with Crippen LogP contribution in [0.1, 0.15) is 33.3 Å². The summed E-state index contributed by atoms with van der Waals surface area (Å²) >= 11 is 7.68. The molecule has 4 heteroatoms. The van der Waals surface area contributed by atoms with Gasteiger partial charge in [-0.3, -0.25) is 4.79 Å². The van der Waals surface area contributed by atoms with Gasteiger partial charge in [-0.25, -0.2) is 0 Å². The zero-order valence-corrected chi connectivity index (χ0v) is 10.3. The van der Waals surface area contributed by atoms with Crippen molar-refractivity contribution in [2.45, 2.75) is 18.8 Å². The second-order valence-corrected chi connectivity index (χ2v) is 5.58. The van der Waals surface area contributed by atoms with Crippen molar-refractivity contribution in [3.05, 3.63) is 20.8 Å². The lowest BCUT2D eigenvalue weighted by atomic mass is 9.95. The molecule has 82 valence electrons. The van der Waals surface area contributed by atoms with Crippen LogP contribution in [0.4, 0.5) is 0 Å². The summed E-state index contributed by atoms with van der Waals surface area (Å²) in [5.41, 5.74) is 0. The van der Waals surface area contributed by atoms with Crippen LogP contribution in [-0.4, -0.2) is 31.3 Å². The third-order valence-corrected chi connectivity index (χ3v) is 4.59. The van der Waals surface area contributed by atoms with E-state index in [2.05, 4.69) is 11.9 Å². The molecule has 0 saturated carbocycles. The number of nitrogens with zero attached hydrogens (tertiary/aromatic N) is 1. The van der Waals surface area contributed by atoms with Crippen molar-refractivity contribution in [1.29, 1.82) is 0 Å². The predicted molar refractivity (Wildman–Crippen MR) is 64.2 cm³/mol. The highest BCUT2D eigenvalue weighted by Crippen LogP contribution is 2.37. The van der Waals surface area contributed by atoms with E-state index < -0.39 is 0 Å². The molecule has 1 aromatic rings. The molecule has 1 fully saturated rings. The van der Waals surface area contributed by atoms with Crippen molar-refractivity contribution in [3.63, 3.8) is 0 Å². The summed E-state index contributed by atoms with van der Waals surface area (Å²) in [5, 5.41) is 0.775. The van der Waals surface area contributed by atoms with Gasteiger partial charge in [-0.15, -0.1) is 11.3 Å². The Kier molecular flexibility index (Phi) is 3.44. The Morgan fingerprint density at radius 1 is 1.53 bits per heavy atom. The molecule has 0 unspecified atom stereocenters. The minimum Gasteiger partial charge on any atom is -0.306 e. The average molecular weight is 244 g/mol. The molecular formula is C11H14ClNOS. The monoisotopic (exact) mass is 243 g/mol. The highest BCUT2D eigenvalue weighted by Gasteiger charge is 2.22. The SMILES string of the molecule is CN1CCC(c2sc(C=O)cc2Cl)CC1. The second kappa shape index (κ2) is 4.64. The Hall–Kier alpha value is -0.380. The van der Waals surface area contributed by atoms with E-state index in [9.17, 15) is 4.79 Å². The van der Waals surface area contributed by atoms with Crippen LogP contribution < -0.4 is 0 Å². The molecule has 0 amide bonds. The van der Waals surface area contributed by atoms with Gasteiger partial charge in [-0.1, -0.05) is 11.6 Å². The summed E-state index contributed by atoms with van der Waals surface area (Å²) in [6, 6.07) is 1.78. The van der Waals surface area contributed by atoms with E-state index >= 15 is 0 Å². The minimum atomic E-state index is 0.549. The first kappa shape index (κ1) is 11.1. The van der Waals surface area contributed by atoms with Gasteiger partial charge in [-0.05, 0) is 45.0 Å². The van der Waals surface area contributed by atoms with Crippen molar-refractivity contribution >= 4 is 29.2 Å². The van der Waals surface area contributed by atoms with Crippen LogP contribution in [0.5, 0.6) is 0 Å². The number of rotatable bonds is 2. The molecule has 0 aromatic carbocycles. The predicted octanol–water partition coefficient (Wildman–Crippen LogP) is 3.02. The van der Waals surface area contributed by atoms with Gasteiger partial charge >= 0.3 is 0 Å². The zero-order valence-electron chi connectivity index (χ0n) is 8.70. The molecule has 0 aliphatic carbocycles. The Bertz CT molecular complexity index is 355. The topological polar surface area (TPSA) is 20.3 Å². The zero-order chi connectivity index (χ0) is 10.8. The van der Waals surface area contributed by atoms with Crippen LogP contribution in [0.2, 0.25) is 5.02 Å². The fourth-order valence-electron chi connectivity index (χ4n) is 2.01. The Morgan fingerprint density at radius 2 is 2.20 bits per heavy atom. The molecule has 0 atom stereocenters. The Morgan fingerprint density at radius 3 is 2.73 bits per heavy atom. The number of carbonyl (C=O) groups excluding carboxylic acids is 1. The van der Waals surface area contributed by atoms with E-state index in [4.69, 9.17) is 11.6 Å². The van der Waals surface area contributed by atoms with E-state index in [1.54, 1.807) is 17.4 Å². The standard InChI is InChI=1S/C11H14ClNOS/c1-13-4-2-8(3-5-13)11-10(12)6-9(7-14)15-11/h6-8H,2-5H2,1H3. The van der Waals surface area contributed by atoms with Crippen molar-refractivity contribution in [2.24, 2.45) is 0 Å². The van der Waals surface area contributed by atoms with Crippen LogP contribution in [0.25, 0.3) is 0 Å². The van der Waals surface area contributed by atoms with Crippen LogP contribution in [-0.2, 0) is 0 Å². The van der Waals surface area contributed by atoms with Crippen molar-refractivity contribution < 1.29 is 4.79 Å². The first-order chi connectivity index (χ1) is 7.20.